The van der Waals surface area contributed by atoms with Gasteiger partial charge >= 0.3 is 0 Å². The van der Waals surface area contributed by atoms with Crippen molar-refractivity contribution in [3.63, 3.8) is 0 Å². The Hall–Kier alpha value is -0.0400. The first-order chi connectivity index (χ1) is 9.78. The highest BCUT2D eigenvalue weighted by atomic mass is 14.9. The van der Waals surface area contributed by atoms with Gasteiger partial charge in [0.15, 0.2) is 0 Å². The molecule has 2 saturated heterocycles. The van der Waals surface area contributed by atoms with Crippen LogP contribution in [-0.4, -0.2) is 12.6 Å². The second-order valence-electron chi connectivity index (χ2n) is 8.96. The summed E-state index contributed by atoms with van der Waals surface area (Å²) in [6, 6.07) is 0.668. The van der Waals surface area contributed by atoms with Crippen LogP contribution in [0.4, 0.5) is 0 Å². The van der Waals surface area contributed by atoms with Gasteiger partial charge in [-0.3, -0.25) is 0 Å². The summed E-state index contributed by atoms with van der Waals surface area (Å²) in [7, 11) is 0. The van der Waals surface area contributed by atoms with Crippen LogP contribution in [0.1, 0.15) is 80.6 Å². The van der Waals surface area contributed by atoms with Crippen molar-refractivity contribution in [1.29, 1.82) is 0 Å². The maximum atomic E-state index is 3.99. The minimum absolute atomic E-state index is 0.486. The highest BCUT2D eigenvalue weighted by Crippen LogP contribution is 2.54. The number of hydrogen-bond acceptors (Lipinski definition) is 1. The SMILES string of the molecule is CC[C@@]1(C)C(C)CC2(C(C)C)CNC(C)[C@@H]1CCCC2C. The third-order valence-corrected chi connectivity index (χ3v) is 8.06. The first-order valence-corrected chi connectivity index (χ1v) is 9.51. The molecule has 1 nitrogen and oxygen atoms in total. The van der Waals surface area contributed by atoms with Gasteiger partial charge in [-0.2, -0.15) is 0 Å². The van der Waals surface area contributed by atoms with Crippen molar-refractivity contribution < 1.29 is 0 Å². The number of hydrogen-bond donors (Lipinski definition) is 1. The van der Waals surface area contributed by atoms with E-state index in [1.807, 2.05) is 0 Å². The van der Waals surface area contributed by atoms with Gasteiger partial charge in [-0.05, 0) is 54.3 Å². The topological polar surface area (TPSA) is 12.0 Å². The summed E-state index contributed by atoms with van der Waals surface area (Å²) in [5.41, 5.74) is 0.983. The van der Waals surface area contributed by atoms with Crippen LogP contribution in [-0.2, 0) is 0 Å². The zero-order chi connectivity index (χ0) is 15.8. The van der Waals surface area contributed by atoms with Crippen LogP contribution >= 0.6 is 0 Å². The molecule has 2 bridgehead atoms. The molecule has 0 aromatic carbocycles. The Balaban J connectivity index is 2.50. The van der Waals surface area contributed by atoms with Gasteiger partial charge in [0.1, 0.15) is 0 Å². The maximum Gasteiger partial charge on any atom is 0.00725 e. The Morgan fingerprint density at radius 2 is 1.76 bits per heavy atom. The zero-order valence-electron chi connectivity index (χ0n) is 15.6. The smallest absolute Gasteiger partial charge is 0.00725 e. The van der Waals surface area contributed by atoms with Crippen molar-refractivity contribution in [2.75, 3.05) is 6.54 Å². The molecule has 0 spiro atoms. The molecule has 3 rings (SSSR count). The fourth-order valence-corrected chi connectivity index (χ4v) is 5.81. The van der Waals surface area contributed by atoms with Crippen molar-refractivity contribution >= 4 is 0 Å². The standard InChI is InChI=1S/C20H39N/c1-8-19(7)16(5)12-20(14(2)3)13-21-17(6)18(19)11-9-10-15(20)4/h14-18,21H,8-13H2,1-7H3/t15?,16?,17?,18-,19-,20?/m0/s1. The highest BCUT2D eigenvalue weighted by molar-refractivity contribution is 5.01. The molecule has 1 saturated carbocycles. The molecular weight excluding hydrogens is 254 g/mol. The summed E-state index contributed by atoms with van der Waals surface area (Å²) in [6.45, 7) is 18.7. The van der Waals surface area contributed by atoms with E-state index in [9.17, 15) is 0 Å². The van der Waals surface area contributed by atoms with Crippen molar-refractivity contribution in [1.82, 2.24) is 5.32 Å². The lowest BCUT2D eigenvalue weighted by Gasteiger charge is -2.53. The molecule has 6 atom stereocenters. The van der Waals surface area contributed by atoms with Crippen LogP contribution in [0, 0.1) is 34.5 Å². The fourth-order valence-electron chi connectivity index (χ4n) is 5.81. The number of nitrogens with one attached hydrogen (secondary N) is 1. The van der Waals surface area contributed by atoms with Gasteiger partial charge in [-0.25, -0.2) is 0 Å². The van der Waals surface area contributed by atoms with Gasteiger partial charge in [-0.15, -0.1) is 0 Å². The van der Waals surface area contributed by atoms with E-state index in [1.165, 1.54) is 38.6 Å². The summed E-state index contributed by atoms with van der Waals surface area (Å²) in [6.07, 6.45) is 7.01. The highest BCUT2D eigenvalue weighted by Gasteiger charge is 2.50. The molecule has 2 heterocycles. The molecule has 0 amide bonds. The van der Waals surface area contributed by atoms with Gasteiger partial charge in [0.05, 0.1) is 0 Å². The predicted molar refractivity (Wildman–Crippen MR) is 93.4 cm³/mol. The molecule has 1 heteroatoms. The summed E-state index contributed by atoms with van der Waals surface area (Å²) < 4.78 is 0. The third kappa shape index (κ3) is 2.80. The van der Waals surface area contributed by atoms with Crippen LogP contribution in [0.2, 0.25) is 0 Å². The third-order valence-electron chi connectivity index (χ3n) is 8.06. The average Bonchev–Trinajstić information content (AvgIpc) is 2.52. The predicted octanol–water partition coefficient (Wildman–Crippen LogP) is 5.50. The van der Waals surface area contributed by atoms with Crippen molar-refractivity contribution in [2.24, 2.45) is 34.5 Å². The monoisotopic (exact) mass is 293 g/mol. The number of rotatable bonds is 2. The Kier molecular flexibility index (Phi) is 5.13. The van der Waals surface area contributed by atoms with Crippen LogP contribution < -0.4 is 5.32 Å². The van der Waals surface area contributed by atoms with E-state index in [4.69, 9.17) is 0 Å². The average molecular weight is 294 g/mol. The number of fused-ring (bicyclic) bond motifs is 7. The molecule has 1 aliphatic carbocycles. The second-order valence-corrected chi connectivity index (χ2v) is 8.96. The molecule has 21 heavy (non-hydrogen) atoms. The molecule has 0 aromatic rings. The molecule has 0 aromatic heterocycles. The van der Waals surface area contributed by atoms with Crippen LogP contribution in [0.25, 0.3) is 0 Å². The normalized spacial score (nSPS) is 48.6. The van der Waals surface area contributed by atoms with E-state index >= 15 is 0 Å². The molecular formula is C20H39N. The second kappa shape index (κ2) is 6.22. The van der Waals surface area contributed by atoms with Crippen molar-refractivity contribution in [2.45, 2.75) is 86.6 Å². The summed E-state index contributed by atoms with van der Waals surface area (Å²) in [5, 5.41) is 3.99. The lowest BCUT2D eigenvalue weighted by molar-refractivity contribution is -0.0198. The first-order valence-electron chi connectivity index (χ1n) is 9.51. The van der Waals surface area contributed by atoms with Crippen LogP contribution in [0.15, 0.2) is 0 Å². The molecule has 3 fully saturated rings. The Labute approximate surface area is 133 Å². The minimum Gasteiger partial charge on any atom is -0.313 e. The lowest BCUT2D eigenvalue weighted by Crippen LogP contribution is -2.54. The van der Waals surface area contributed by atoms with Gasteiger partial charge in [-0.1, -0.05) is 60.8 Å². The van der Waals surface area contributed by atoms with Crippen molar-refractivity contribution in [3.05, 3.63) is 0 Å². The minimum atomic E-state index is 0.486. The Bertz CT molecular complexity index is 350. The quantitative estimate of drug-likeness (QED) is 0.709. The Morgan fingerprint density at radius 1 is 1.10 bits per heavy atom. The molecule has 1 N–H and O–H groups in total. The Morgan fingerprint density at radius 3 is 2.33 bits per heavy atom. The van der Waals surface area contributed by atoms with Crippen LogP contribution in [0.5, 0.6) is 0 Å². The van der Waals surface area contributed by atoms with Gasteiger partial charge in [0, 0.05) is 12.6 Å². The van der Waals surface area contributed by atoms with Crippen molar-refractivity contribution in [3.8, 4) is 0 Å². The van der Waals surface area contributed by atoms with E-state index in [0.717, 1.165) is 23.7 Å². The van der Waals surface area contributed by atoms with Gasteiger partial charge < -0.3 is 5.32 Å². The van der Waals surface area contributed by atoms with Crippen LogP contribution in [0.3, 0.4) is 0 Å². The van der Waals surface area contributed by atoms with E-state index in [0.29, 0.717) is 16.9 Å². The fraction of sp³-hybridized carbons (Fsp3) is 1.00. The van der Waals surface area contributed by atoms with Gasteiger partial charge in [0.25, 0.3) is 0 Å². The molecule has 124 valence electrons. The first kappa shape index (κ1) is 17.3. The zero-order valence-corrected chi connectivity index (χ0v) is 15.6. The summed E-state index contributed by atoms with van der Waals surface area (Å²) >= 11 is 0. The lowest BCUT2D eigenvalue weighted by atomic mass is 9.55. The molecule has 3 aliphatic rings. The van der Waals surface area contributed by atoms with E-state index in [1.54, 1.807) is 0 Å². The van der Waals surface area contributed by atoms with E-state index < -0.39 is 0 Å². The molecule has 4 unspecified atom stereocenters. The maximum absolute atomic E-state index is 3.99. The van der Waals surface area contributed by atoms with E-state index in [2.05, 4.69) is 53.8 Å². The summed E-state index contributed by atoms with van der Waals surface area (Å²) in [4.78, 5) is 0. The largest absolute Gasteiger partial charge is 0.313 e. The molecule has 0 radical (unpaired) electrons. The van der Waals surface area contributed by atoms with Gasteiger partial charge in [0.2, 0.25) is 0 Å². The van der Waals surface area contributed by atoms with E-state index in [-0.39, 0.29) is 0 Å². The summed E-state index contributed by atoms with van der Waals surface area (Å²) in [5.74, 6) is 3.29. The molecule has 2 aliphatic heterocycles.